The minimum absolute atomic E-state index is 0.0830. The van der Waals surface area contributed by atoms with Crippen LogP contribution in [0.15, 0.2) is 0 Å². The predicted octanol–water partition coefficient (Wildman–Crippen LogP) is 3.70. The lowest BCUT2D eigenvalue weighted by Gasteiger charge is -2.62. The highest BCUT2D eigenvalue weighted by molar-refractivity contribution is 5.70. The molecule has 8 unspecified atom stereocenters. The molecule has 26 heavy (non-hydrogen) atoms. The van der Waals surface area contributed by atoms with E-state index < -0.39 is 12.1 Å². The second-order valence-corrected chi connectivity index (χ2v) is 10.5. The number of aliphatic hydroxyl groups is 2. The summed E-state index contributed by atoms with van der Waals surface area (Å²) >= 11 is 0. The summed E-state index contributed by atoms with van der Waals surface area (Å²) in [4.78, 5) is 11.7. The summed E-state index contributed by atoms with van der Waals surface area (Å²) in [6.07, 6.45) is 7.57. The maximum atomic E-state index is 11.7. The molecule has 0 aromatic heterocycles. The molecule has 148 valence electrons. The van der Waals surface area contributed by atoms with Gasteiger partial charge in [-0.25, -0.2) is 0 Å². The van der Waals surface area contributed by atoms with E-state index in [9.17, 15) is 20.1 Å². The zero-order valence-electron chi connectivity index (χ0n) is 16.5. The molecule has 0 heterocycles. The lowest BCUT2D eigenvalue weighted by Crippen LogP contribution is -2.59. The molecule has 3 N–H and O–H groups in total. The van der Waals surface area contributed by atoms with Crippen LogP contribution in [-0.4, -0.2) is 33.5 Å². The monoisotopic (exact) mass is 364 g/mol. The summed E-state index contributed by atoms with van der Waals surface area (Å²) in [6, 6.07) is 0. The van der Waals surface area contributed by atoms with Crippen molar-refractivity contribution in [3.8, 4) is 0 Å². The normalized spacial score (nSPS) is 54.7. The number of hydrogen-bond acceptors (Lipinski definition) is 3. The first-order valence-electron chi connectivity index (χ1n) is 10.8. The summed E-state index contributed by atoms with van der Waals surface area (Å²) < 4.78 is 0. The Morgan fingerprint density at radius 2 is 1.73 bits per heavy atom. The van der Waals surface area contributed by atoms with Crippen molar-refractivity contribution < 1.29 is 20.1 Å². The Bertz CT molecular complexity index is 576. The van der Waals surface area contributed by atoms with E-state index in [0.717, 1.165) is 38.5 Å². The highest BCUT2D eigenvalue weighted by Crippen LogP contribution is 2.68. The molecule has 4 nitrogen and oxygen atoms in total. The molecule has 0 aromatic carbocycles. The van der Waals surface area contributed by atoms with Gasteiger partial charge in [0.1, 0.15) is 0 Å². The maximum absolute atomic E-state index is 11.7. The molecule has 10 atom stereocenters. The topological polar surface area (TPSA) is 77.8 Å². The van der Waals surface area contributed by atoms with Gasteiger partial charge in [0.05, 0.1) is 18.1 Å². The zero-order valence-corrected chi connectivity index (χ0v) is 16.5. The lowest BCUT2D eigenvalue weighted by molar-refractivity contribution is -0.178. The molecular weight excluding hydrogens is 328 g/mol. The Balaban J connectivity index is 1.64. The molecule has 0 spiro atoms. The van der Waals surface area contributed by atoms with Crippen molar-refractivity contribution in [1.29, 1.82) is 0 Å². The number of carbonyl (C=O) groups is 1. The molecule has 4 fully saturated rings. The number of rotatable bonds is 2. The van der Waals surface area contributed by atoms with Crippen LogP contribution in [0.1, 0.15) is 72.1 Å². The van der Waals surface area contributed by atoms with E-state index in [4.69, 9.17) is 0 Å². The van der Waals surface area contributed by atoms with E-state index in [1.807, 2.05) is 6.92 Å². The maximum Gasteiger partial charge on any atom is 0.306 e. The first kappa shape index (κ1) is 18.7. The number of hydrogen-bond donors (Lipinski definition) is 3. The van der Waals surface area contributed by atoms with Crippen molar-refractivity contribution >= 4 is 5.97 Å². The minimum atomic E-state index is -0.719. The van der Waals surface area contributed by atoms with Gasteiger partial charge in [-0.1, -0.05) is 20.8 Å². The average molecular weight is 365 g/mol. The van der Waals surface area contributed by atoms with Gasteiger partial charge in [0.2, 0.25) is 0 Å². The number of carboxylic acid groups (broad SMARTS) is 1. The molecule has 4 heteroatoms. The number of fused-ring (bicyclic) bond motifs is 5. The van der Waals surface area contributed by atoms with E-state index in [2.05, 4.69) is 13.8 Å². The van der Waals surface area contributed by atoms with Crippen molar-refractivity contribution in [3.05, 3.63) is 0 Å². The van der Waals surface area contributed by atoms with Crippen molar-refractivity contribution in [1.82, 2.24) is 0 Å². The van der Waals surface area contributed by atoms with Crippen LogP contribution >= 0.6 is 0 Å². The third-order valence-corrected chi connectivity index (χ3v) is 9.81. The number of carboxylic acids is 1. The predicted molar refractivity (Wildman–Crippen MR) is 99.4 cm³/mol. The van der Waals surface area contributed by atoms with E-state index in [-0.39, 0.29) is 28.8 Å². The van der Waals surface area contributed by atoms with Crippen LogP contribution in [-0.2, 0) is 4.79 Å². The van der Waals surface area contributed by atoms with E-state index in [0.29, 0.717) is 23.7 Å². The minimum Gasteiger partial charge on any atom is -0.481 e. The van der Waals surface area contributed by atoms with Crippen molar-refractivity contribution in [2.45, 2.75) is 84.3 Å². The highest BCUT2D eigenvalue weighted by Gasteiger charge is 2.64. The summed E-state index contributed by atoms with van der Waals surface area (Å²) in [5.41, 5.74) is -0.0166. The first-order chi connectivity index (χ1) is 12.2. The molecule has 0 bridgehead atoms. The molecule has 0 aromatic rings. The van der Waals surface area contributed by atoms with Gasteiger partial charge < -0.3 is 15.3 Å². The molecule has 4 aliphatic carbocycles. The molecule has 0 saturated heterocycles. The zero-order chi connectivity index (χ0) is 18.9. The van der Waals surface area contributed by atoms with Gasteiger partial charge in [-0.15, -0.1) is 0 Å². The largest absolute Gasteiger partial charge is 0.481 e. The van der Waals surface area contributed by atoms with E-state index >= 15 is 0 Å². The standard InChI is InChI=1S/C22H36O4/c1-12(20(25)26)16-6-7-17-15-5-4-13-10-14(23)8-9-21(13,2)18(15)11-19(24)22(16,17)3/h12-19,23-24H,4-11H2,1-3H3,(H,25,26)/t12?,13?,14-,15?,16?,17?,18?,19+,21?,22?/m1/s1. The van der Waals surface area contributed by atoms with Gasteiger partial charge in [-0.2, -0.15) is 0 Å². The smallest absolute Gasteiger partial charge is 0.306 e. The Hall–Kier alpha value is -0.610. The number of aliphatic carboxylic acids is 1. The third kappa shape index (κ3) is 2.44. The molecule has 4 rings (SSSR count). The van der Waals surface area contributed by atoms with Crippen molar-refractivity contribution in [3.63, 3.8) is 0 Å². The molecule has 0 radical (unpaired) electrons. The third-order valence-electron chi connectivity index (χ3n) is 9.81. The van der Waals surface area contributed by atoms with Crippen LogP contribution in [0.5, 0.6) is 0 Å². The van der Waals surface area contributed by atoms with E-state index in [1.165, 1.54) is 12.8 Å². The molecular formula is C22H36O4. The van der Waals surface area contributed by atoms with Gasteiger partial charge in [-0.3, -0.25) is 4.79 Å². The molecule has 4 saturated carbocycles. The van der Waals surface area contributed by atoms with Crippen LogP contribution in [0.3, 0.4) is 0 Å². The van der Waals surface area contributed by atoms with Crippen LogP contribution in [0.4, 0.5) is 0 Å². The SMILES string of the molecule is CC(C(=O)O)C1CCC2C3CCC4C[C@H](O)CCC4(C)C3C[C@H](O)C12C. The molecule has 0 aliphatic heterocycles. The second kappa shape index (κ2) is 6.20. The Labute approximate surface area is 157 Å². The van der Waals surface area contributed by atoms with Crippen molar-refractivity contribution in [2.75, 3.05) is 0 Å². The van der Waals surface area contributed by atoms with Gasteiger partial charge in [0, 0.05) is 5.41 Å². The fourth-order valence-electron chi connectivity index (χ4n) is 8.22. The highest BCUT2D eigenvalue weighted by atomic mass is 16.4. The fourth-order valence-corrected chi connectivity index (χ4v) is 8.22. The van der Waals surface area contributed by atoms with Crippen LogP contribution < -0.4 is 0 Å². The quantitative estimate of drug-likeness (QED) is 0.698. The van der Waals surface area contributed by atoms with Crippen LogP contribution in [0.25, 0.3) is 0 Å². The Kier molecular flexibility index (Phi) is 4.47. The second-order valence-electron chi connectivity index (χ2n) is 10.5. The lowest BCUT2D eigenvalue weighted by atomic mass is 9.43. The number of aliphatic hydroxyl groups excluding tert-OH is 2. The molecule has 0 amide bonds. The van der Waals surface area contributed by atoms with Crippen molar-refractivity contribution in [2.24, 2.45) is 46.3 Å². The first-order valence-corrected chi connectivity index (χ1v) is 10.8. The van der Waals surface area contributed by atoms with Gasteiger partial charge in [-0.05, 0) is 86.4 Å². The van der Waals surface area contributed by atoms with E-state index in [1.54, 1.807) is 0 Å². The summed E-state index contributed by atoms with van der Waals surface area (Å²) in [5.74, 6) is 1.16. The van der Waals surface area contributed by atoms with Crippen LogP contribution in [0.2, 0.25) is 0 Å². The van der Waals surface area contributed by atoms with Gasteiger partial charge in [0.25, 0.3) is 0 Å². The summed E-state index contributed by atoms with van der Waals surface area (Å²) in [7, 11) is 0. The Morgan fingerprint density at radius 1 is 1.00 bits per heavy atom. The van der Waals surface area contributed by atoms with Gasteiger partial charge in [0.15, 0.2) is 0 Å². The molecule has 4 aliphatic rings. The van der Waals surface area contributed by atoms with Crippen LogP contribution in [0, 0.1) is 46.3 Å². The average Bonchev–Trinajstić information content (AvgIpc) is 2.94. The fraction of sp³-hybridized carbons (Fsp3) is 0.955. The Morgan fingerprint density at radius 3 is 2.42 bits per heavy atom. The van der Waals surface area contributed by atoms with Gasteiger partial charge >= 0.3 is 5.97 Å². The summed E-state index contributed by atoms with van der Waals surface area (Å²) in [6.45, 7) is 6.44. The summed E-state index contributed by atoms with van der Waals surface area (Å²) in [5, 5.41) is 31.0.